The molecular formula is C51H32N4OS. The lowest BCUT2D eigenvalue weighted by Gasteiger charge is -2.26. The van der Waals surface area contributed by atoms with Gasteiger partial charge in [0.15, 0.2) is 17.5 Å². The Morgan fingerprint density at radius 3 is 1.70 bits per heavy atom. The largest absolute Gasteiger partial charge is 0.456 e. The van der Waals surface area contributed by atoms with E-state index in [0.29, 0.717) is 17.5 Å². The van der Waals surface area contributed by atoms with E-state index in [1.54, 1.807) is 0 Å². The fraction of sp³-hybridized carbons (Fsp3) is 0. The minimum atomic E-state index is 0.593. The van der Waals surface area contributed by atoms with E-state index < -0.39 is 0 Å². The highest BCUT2D eigenvalue weighted by Gasteiger charge is 2.21. The molecule has 0 N–H and O–H groups in total. The molecule has 3 heterocycles. The summed E-state index contributed by atoms with van der Waals surface area (Å²) in [6.45, 7) is 0. The van der Waals surface area contributed by atoms with Gasteiger partial charge in [0.1, 0.15) is 11.2 Å². The summed E-state index contributed by atoms with van der Waals surface area (Å²) >= 11 is 1.83. The van der Waals surface area contributed by atoms with Crippen LogP contribution in [0.2, 0.25) is 0 Å². The molecular weight excluding hydrogens is 717 g/mol. The van der Waals surface area contributed by atoms with Gasteiger partial charge in [0.2, 0.25) is 0 Å². The van der Waals surface area contributed by atoms with Crippen LogP contribution in [0.15, 0.2) is 199 Å². The molecule has 3 aromatic heterocycles. The molecule has 0 saturated carbocycles. The Morgan fingerprint density at radius 2 is 0.947 bits per heavy atom. The minimum Gasteiger partial charge on any atom is -0.456 e. The molecule has 0 aliphatic rings. The van der Waals surface area contributed by atoms with E-state index >= 15 is 0 Å². The zero-order valence-corrected chi connectivity index (χ0v) is 31.4. The number of aromatic nitrogens is 3. The molecule has 0 saturated heterocycles. The minimum absolute atomic E-state index is 0.593. The standard InChI is InChI=1S/C51H32N4OS/c1-4-14-33(15-5-1)36-20-12-21-37(30-36)55(38-27-29-47-43(31-38)40-22-10-11-25-46(40)57-47)39-26-28-41-45(32-39)56-44-24-13-23-42(48(41)44)51-53-49(34-16-6-2-7-17-34)52-50(54-51)35-18-8-3-9-19-35/h1-32H. The first-order valence-electron chi connectivity index (χ1n) is 18.9. The van der Waals surface area contributed by atoms with Gasteiger partial charge >= 0.3 is 0 Å². The molecule has 0 aliphatic carbocycles. The maximum Gasteiger partial charge on any atom is 0.164 e. The maximum atomic E-state index is 6.72. The Morgan fingerprint density at radius 1 is 0.368 bits per heavy atom. The van der Waals surface area contributed by atoms with Crippen molar-refractivity contribution in [2.75, 3.05) is 4.90 Å². The first-order valence-corrected chi connectivity index (χ1v) is 19.7. The van der Waals surface area contributed by atoms with Gasteiger partial charge in [-0.25, -0.2) is 15.0 Å². The van der Waals surface area contributed by atoms with Crippen molar-refractivity contribution in [1.29, 1.82) is 0 Å². The third kappa shape index (κ3) is 5.91. The van der Waals surface area contributed by atoms with Crippen LogP contribution < -0.4 is 4.90 Å². The fourth-order valence-electron chi connectivity index (χ4n) is 7.82. The van der Waals surface area contributed by atoms with Gasteiger partial charge < -0.3 is 9.32 Å². The fourth-order valence-corrected chi connectivity index (χ4v) is 8.91. The lowest BCUT2D eigenvalue weighted by Crippen LogP contribution is -2.09. The van der Waals surface area contributed by atoms with Crippen LogP contribution >= 0.6 is 11.3 Å². The zero-order valence-electron chi connectivity index (χ0n) is 30.6. The van der Waals surface area contributed by atoms with E-state index in [2.05, 4.69) is 126 Å². The Kier molecular flexibility index (Phi) is 7.93. The molecule has 57 heavy (non-hydrogen) atoms. The summed E-state index contributed by atoms with van der Waals surface area (Å²) in [4.78, 5) is 17.4. The van der Waals surface area contributed by atoms with Gasteiger partial charge in [-0.2, -0.15) is 0 Å². The number of thiophene rings is 1. The number of hydrogen-bond donors (Lipinski definition) is 0. The van der Waals surface area contributed by atoms with Crippen LogP contribution in [0.1, 0.15) is 0 Å². The molecule has 0 bridgehead atoms. The number of benzene rings is 8. The van der Waals surface area contributed by atoms with Gasteiger partial charge in [-0.05, 0) is 65.7 Å². The second-order valence-electron chi connectivity index (χ2n) is 14.0. The molecule has 268 valence electrons. The van der Waals surface area contributed by atoms with Crippen molar-refractivity contribution in [2.45, 2.75) is 0 Å². The quantitative estimate of drug-likeness (QED) is 0.162. The molecule has 0 unspecified atom stereocenters. The third-order valence-corrected chi connectivity index (χ3v) is 11.7. The summed E-state index contributed by atoms with van der Waals surface area (Å²) in [5.41, 5.74) is 9.73. The molecule has 8 aromatic carbocycles. The van der Waals surface area contributed by atoms with Crippen LogP contribution in [0, 0.1) is 0 Å². The molecule has 0 fully saturated rings. The maximum absolute atomic E-state index is 6.72. The van der Waals surface area contributed by atoms with Crippen molar-refractivity contribution in [1.82, 2.24) is 15.0 Å². The van der Waals surface area contributed by atoms with Crippen molar-refractivity contribution in [3.8, 4) is 45.3 Å². The lowest BCUT2D eigenvalue weighted by atomic mass is 10.0. The predicted molar refractivity (Wildman–Crippen MR) is 236 cm³/mol. The highest BCUT2D eigenvalue weighted by molar-refractivity contribution is 7.25. The number of fused-ring (bicyclic) bond motifs is 6. The van der Waals surface area contributed by atoms with Crippen molar-refractivity contribution in [2.24, 2.45) is 0 Å². The first-order chi connectivity index (χ1) is 28.2. The van der Waals surface area contributed by atoms with Crippen molar-refractivity contribution in [3.05, 3.63) is 194 Å². The molecule has 6 heteroatoms. The third-order valence-electron chi connectivity index (χ3n) is 10.5. The zero-order chi connectivity index (χ0) is 37.7. The van der Waals surface area contributed by atoms with E-state index in [1.807, 2.05) is 84.1 Å². The van der Waals surface area contributed by atoms with Crippen LogP contribution in [0.25, 0.3) is 87.4 Å². The normalized spacial score (nSPS) is 11.5. The Balaban J connectivity index is 1.09. The summed E-state index contributed by atoms with van der Waals surface area (Å²) in [6, 6.07) is 67.5. The SMILES string of the molecule is c1ccc(-c2cccc(N(c3ccc4c(c3)oc3cccc(-c5nc(-c6ccccc6)nc(-c6ccccc6)n5)c34)c3ccc4sc5ccccc5c4c3)c2)cc1. The second kappa shape index (κ2) is 13.7. The van der Waals surface area contributed by atoms with E-state index in [9.17, 15) is 0 Å². The highest BCUT2D eigenvalue weighted by atomic mass is 32.1. The molecule has 0 amide bonds. The topological polar surface area (TPSA) is 55.1 Å². The van der Waals surface area contributed by atoms with Crippen molar-refractivity contribution >= 4 is 70.5 Å². The summed E-state index contributed by atoms with van der Waals surface area (Å²) in [6.07, 6.45) is 0. The van der Waals surface area contributed by atoms with Crippen LogP contribution in [0.5, 0.6) is 0 Å². The summed E-state index contributed by atoms with van der Waals surface area (Å²) in [5.74, 6) is 1.83. The van der Waals surface area contributed by atoms with E-state index in [4.69, 9.17) is 19.4 Å². The molecule has 0 aliphatic heterocycles. The van der Waals surface area contributed by atoms with Crippen LogP contribution in [0.3, 0.4) is 0 Å². The smallest absolute Gasteiger partial charge is 0.164 e. The summed E-state index contributed by atoms with van der Waals surface area (Å²) in [5, 5.41) is 4.47. The van der Waals surface area contributed by atoms with E-state index in [0.717, 1.165) is 61.3 Å². The monoisotopic (exact) mass is 748 g/mol. The average Bonchev–Trinajstić information content (AvgIpc) is 3.85. The average molecular weight is 749 g/mol. The Hall–Kier alpha value is -7.41. The molecule has 11 aromatic rings. The van der Waals surface area contributed by atoms with Crippen LogP contribution in [-0.4, -0.2) is 15.0 Å². The summed E-state index contributed by atoms with van der Waals surface area (Å²) in [7, 11) is 0. The Bertz CT molecular complexity index is 3190. The van der Waals surface area contributed by atoms with Gasteiger partial charge in [0, 0.05) is 70.8 Å². The molecule has 0 atom stereocenters. The van der Waals surface area contributed by atoms with Gasteiger partial charge in [-0.3, -0.25) is 0 Å². The number of hydrogen-bond acceptors (Lipinski definition) is 6. The first kappa shape index (κ1) is 33.0. The van der Waals surface area contributed by atoms with Gasteiger partial charge in [-0.1, -0.05) is 133 Å². The van der Waals surface area contributed by atoms with Gasteiger partial charge in [-0.15, -0.1) is 11.3 Å². The van der Waals surface area contributed by atoms with Gasteiger partial charge in [0.25, 0.3) is 0 Å². The molecule has 11 rings (SSSR count). The number of furan rings is 1. The van der Waals surface area contributed by atoms with E-state index in [1.165, 1.54) is 25.7 Å². The number of nitrogens with zero attached hydrogens (tertiary/aromatic N) is 4. The van der Waals surface area contributed by atoms with Crippen molar-refractivity contribution < 1.29 is 4.42 Å². The number of anilines is 3. The summed E-state index contributed by atoms with van der Waals surface area (Å²) < 4.78 is 9.27. The lowest BCUT2D eigenvalue weighted by molar-refractivity contribution is 0.669. The van der Waals surface area contributed by atoms with Crippen LogP contribution in [-0.2, 0) is 0 Å². The molecule has 0 radical (unpaired) electrons. The van der Waals surface area contributed by atoms with E-state index in [-0.39, 0.29) is 0 Å². The van der Waals surface area contributed by atoms with Crippen molar-refractivity contribution in [3.63, 3.8) is 0 Å². The highest BCUT2D eigenvalue weighted by Crippen LogP contribution is 2.44. The molecule has 5 nitrogen and oxygen atoms in total. The number of rotatable bonds is 7. The molecule has 0 spiro atoms. The Labute approximate surface area is 332 Å². The second-order valence-corrected chi connectivity index (χ2v) is 15.1. The predicted octanol–water partition coefficient (Wildman–Crippen LogP) is 14.3. The van der Waals surface area contributed by atoms with Gasteiger partial charge in [0.05, 0.1) is 0 Å². The van der Waals surface area contributed by atoms with Crippen LogP contribution in [0.4, 0.5) is 17.1 Å².